The maximum absolute atomic E-state index is 14.2. The summed E-state index contributed by atoms with van der Waals surface area (Å²) < 4.78 is 25.4. The van der Waals surface area contributed by atoms with Crippen LogP contribution in [-0.2, 0) is 14.3 Å². The van der Waals surface area contributed by atoms with Crippen molar-refractivity contribution < 1.29 is 18.7 Å². The van der Waals surface area contributed by atoms with Gasteiger partial charge in [0.1, 0.15) is 12.4 Å². The van der Waals surface area contributed by atoms with Gasteiger partial charge >= 0.3 is 0 Å². The number of nitrogens with zero attached hydrogens (tertiary/aromatic N) is 4. The maximum atomic E-state index is 14.2. The molecule has 0 atom stereocenters. The van der Waals surface area contributed by atoms with Crippen LogP contribution in [0.3, 0.4) is 0 Å². The normalized spacial score (nSPS) is 19.0. The molecule has 0 bridgehead atoms. The average Bonchev–Trinajstić information content (AvgIpc) is 2.67. The molecular weight excluding hydrogens is 375 g/mol. The van der Waals surface area contributed by atoms with Gasteiger partial charge in [-0.1, -0.05) is 23.4 Å². The third-order valence-corrected chi connectivity index (χ3v) is 4.89. The van der Waals surface area contributed by atoms with Crippen molar-refractivity contribution in [1.29, 1.82) is 0 Å². The van der Waals surface area contributed by atoms with Crippen LogP contribution in [0.2, 0.25) is 0 Å². The van der Waals surface area contributed by atoms with Gasteiger partial charge in [0.15, 0.2) is 5.79 Å². The molecule has 2 fully saturated rings. The van der Waals surface area contributed by atoms with E-state index in [1.165, 1.54) is 0 Å². The Morgan fingerprint density at radius 1 is 1.24 bits per heavy atom. The van der Waals surface area contributed by atoms with Crippen molar-refractivity contribution >= 4 is 11.7 Å². The predicted molar refractivity (Wildman–Crippen MR) is 107 cm³/mol. The zero-order valence-corrected chi connectivity index (χ0v) is 16.6. The summed E-state index contributed by atoms with van der Waals surface area (Å²) in [6.07, 6.45) is 3.24. The van der Waals surface area contributed by atoms with E-state index in [0.29, 0.717) is 55.5 Å². The second-order valence-electron chi connectivity index (χ2n) is 7.75. The van der Waals surface area contributed by atoms with E-state index in [-0.39, 0.29) is 11.7 Å². The maximum Gasteiger partial charge on any atom is 0.225 e. The summed E-state index contributed by atoms with van der Waals surface area (Å²) in [6.45, 7) is 10.3. The molecule has 2 aliphatic rings. The third-order valence-electron chi connectivity index (χ3n) is 4.89. The molecule has 1 aromatic carbocycles. The molecular formula is C21H24FN4O3. The van der Waals surface area contributed by atoms with Crippen LogP contribution in [0.4, 0.5) is 10.3 Å². The molecule has 1 aromatic heterocycles. The number of anilines is 1. The van der Waals surface area contributed by atoms with E-state index >= 15 is 0 Å². The predicted octanol–water partition coefficient (Wildman–Crippen LogP) is 3.06. The van der Waals surface area contributed by atoms with Crippen LogP contribution in [0.25, 0.3) is 11.1 Å². The Bertz CT molecular complexity index is 883. The van der Waals surface area contributed by atoms with Crippen LogP contribution in [0.15, 0.2) is 35.7 Å². The first-order valence-corrected chi connectivity index (χ1v) is 9.55. The van der Waals surface area contributed by atoms with Crippen LogP contribution in [-0.4, -0.2) is 54.4 Å². The minimum absolute atomic E-state index is 0.177. The fourth-order valence-corrected chi connectivity index (χ4v) is 3.08. The Kier molecular flexibility index (Phi) is 5.47. The summed E-state index contributed by atoms with van der Waals surface area (Å²) in [4.78, 5) is 16.1. The van der Waals surface area contributed by atoms with E-state index in [1.807, 2.05) is 18.7 Å². The van der Waals surface area contributed by atoms with Crippen molar-refractivity contribution in [2.45, 2.75) is 19.6 Å². The smallest absolute Gasteiger partial charge is 0.225 e. The zero-order valence-electron chi connectivity index (χ0n) is 16.6. The number of aromatic nitrogens is 2. The van der Waals surface area contributed by atoms with Crippen molar-refractivity contribution in [3.05, 3.63) is 48.9 Å². The van der Waals surface area contributed by atoms with Gasteiger partial charge in [0, 0.05) is 29.4 Å². The Morgan fingerprint density at radius 3 is 2.62 bits per heavy atom. The van der Waals surface area contributed by atoms with Gasteiger partial charge in [0.25, 0.3) is 0 Å². The molecule has 0 spiro atoms. The number of ether oxygens (including phenoxy) is 2. The van der Waals surface area contributed by atoms with E-state index in [2.05, 4.69) is 22.0 Å². The third kappa shape index (κ3) is 4.54. The van der Waals surface area contributed by atoms with Crippen molar-refractivity contribution in [1.82, 2.24) is 9.97 Å². The lowest BCUT2D eigenvalue weighted by atomic mass is 10.1. The van der Waals surface area contributed by atoms with Crippen LogP contribution in [0.5, 0.6) is 0 Å². The van der Waals surface area contributed by atoms with E-state index < -0.39 is 5.79 Å². The lowest BCUT2D eigenvalue weighted by Gasteiger charge is -2.34. The summed E-state index contributed by atoms with van der Waals surface area (Å²) >= 11 is 0. The Morgan fingerprint density at radius 2 is 1.93 bits per heavy atom. The van der Waals surface area contributed by atoms with E-state index in [9.17, 15) is 4.39 Å². The minimum atomic E-state index is -0.519. The van der Waals surface area contributed by atoms with Gasteiger partial charge in [0.2, 0.25) is 5.95 Å². The minimum Gasteiger partial charge on any atom is -0.395 e. The van der Waals surface area contributed by atoms with E-state index in [4.69, 9.17) is 14.3 Å². The summed E-state index contributed by atoms with van der Waals surface area (Å²) in [7, 11) is 0. The molecule has 0 amide bonds. The molecule has 0 unspecified atom stereocenters. The highest BCUT2D eigenvalue weighted by Crippen LogP contribution is 2.25. The van der Waals surface area contributed by atoms with Gasteiger partial charge in [-0.15, -0.1) is 0 Å². The molecule has 0 N–H and O–H groups in total. The molecule has 29 heavy (non-hydrogen) atoms. The highest BCUT2D eigenvalue weighted by Gasteiger charge is 2.29. The molecule has 3 heterocycles. The number of rotatable bonds is 5. The van der Waals surface area contributed by atoms with Crippen LogP contribution in [0.1, 0.15) is 19.4 Å². The van der Waals surface area contributed by atoms with Crippen LogP contribution >= 0.6 is 0 Å². The topological polar surface area (TPSA) is 69.1 Å². The second-order valence-corrected chi connectivity index (χ2v) is 7.75. The zero-order chi connectivity index (χ0) is 20.4. The number of oxime groups is 1. The molecule has 4 rings (SSSR count). The van der Waals surface area contributed by atoms with E-state index in [1.54, 1.807) is 30.6 Å². The number of benzene rings is 1. The summed E-state index contributed by atoms with van der Waals surface area (Å²) in [5, 5.41) is 4.17. The van der Waals surface area contributed by atoms with Gasteiger partial charge in [-0.25, -0.2) is 14.4 Å². The monoisotopic (exact) mass is 399 g/mol. The number of hydrogen-bond donors (Lipinski definition) is 0. The first-order chi connectivity index (χ1) is 13.9. The average molecular weight is 399 g/mol. The Balaban J connectivity index is 1.27. The van der Waals surface area contributed by atoms with Crippen LogP contribution < -0.4 is 4.90 Å². The van der Waals surface area contributed by atoms with Gasteiger partial charge in [-0.2, -0.15) is 0 Å². The van der Waals surface area contributed by atoms with Gasteiger partial charge in [0.05, 0.1) is 32.0 Å². The largest absolute Gasteiger partial charge is 0.395 e. The quantitative estimate of drug-likeness (QED) is 0.720. The van der Waals surface area contributed by atoms with Gasteiger partial charge in [-0.3, -0.25) is 0 Å². The molecule has 2 saturated heterocycles. The first-order valence-electron chi connectivity index (χ1n) is 9.55. The molecule has 2 aliphatic heterocycles. The number of hydrogen-bond acceptors (Lipinski definition) is 7. The number of halogens is 1. The second kappa shape index (κ2) is 8.04. The van der Waals surface area contributed by atoms with Gasteiger partial charge < -0.3 is 19.2 Å². The van der Waals surface area contributed by atoms with Crippen molar-refractivity contribution in [2.24, 2.45) is 11.1 Å². The lowest BCUT2D eigenvalue weighted by Crippen LogP contribution is -2.48. The Hall–Kier alpha value is -2.58. The van der Waals surface area contributed by atoms with Crippen molar-refractivity contribution in [3.8, 4) is 11.1 Å². The summed E-state index contributed by atoms with van der Waals surface area (Å²) in [5.74, 6) is -0.113. The summed E-state index contributed by atoms with van der Waals surface area (Å²) in [6, 6.07) is 5.09. The van der Waals surface area contributed by atoms with Crippen molar-refractivity contribution in [3.63, 3.8) is 0 Å². The highest BCUT2D eigenvalue weighted by molar-refractivity contribution is 5.98. The molecule has 0 saturated carbocycles. The fourth-order valence-electron chi connectivity index (χ4n) is 3.08. The Labute approximate surface area is 169 Å². The molecule has 2 aromatic rings. The molecule has 153 valence electrons. The van der Waals surface area contributed by atoms with Crippen molar-refractivity contribution in [2.75, 3.05) is 37.8 Å². The molecule has 0 aliphatic carbocycles. The van der Waals surface area contributed by atoms with Gasteiger partial charge in [-0.05, 0) is 26.3 Å². The molecule has 1 radical (unpaired) electrons. The van der Waals surface area contributed by atoms with E-state index in [0.717, 1.165) is 5.71 Å². The highest BCUT2D eigenvalue weighted by atomic mass is 19.1. The van der Waals surface area contributed by atoms with Crippen LogP contribution in [0, 0.1) is 18.7 Å². The lowest BCUT2D eigenvalue weighted by molar-refractivity contribution is -0.266. The standard InChI is InChI=1S/C21H24FN4O3/c1-14-5-4-6-18(19(14)22)16-7-23-20(24-8-16)26-9-17(10-26)25-29-13-15-11-27-21(2,3)28-12-15/h4-8,15H,1,9-13H2,2-3H3. The summed E-state index contributed by atoms with van der Waals surface area (Å²) in [5.41, 5.74) is 2.34. The SMILES string of the molecule is [CH2]c1cccc(-c2cnc(N3CC(=NOCC4COC(C)(C)OC4)C3)nc2)c1F. The molecule has 8 heteroatoms. The fraction of sp³-hybridized carbons (Fsp3) is 0.429. The molecule has 7 nitrogen and oxygen atoms in total. The first kappa shape index (κ1) is 19.7.